The number of imide groups is 1. The molecular formula is C19H30N4O5. The Morgan fingerprint density at radius 2 is 1.93 bits per heavy atom. The predicted octanol–water partition coefficient (Wildman–Crippen LogP) is 1.03. The first-order valence-corrected chi connectivity index (χ1v) is 9.87. The van der Waals surface area contributed by atoms with E-state index >= 15 is 0 Å². The molecule has 2 aliphatic rings. The zero-order chi connectivity index (χ0) is 20.5. The monoisotopic (exact) mass is 394 g/mol. The molecule has 0 radical (unpaired) electrons. The molecule has 28 heavy (non-hydrogen) atoms. The first-order valence-electron chi connectivity index (χ1n) is 9.87. The molecule has 1 aliphatic carbocycles. The van der Waals surface area contributed by atoms with E-state index in [0.29, 0.717) is 36.8 Å². The van der Waals surface area contributed by atoms with E-state index in [0.717, 1.165) is 25.7 Å². The maximum absolute atomic E-state index is 13.1. The van der Waals surface area contributed by atoms with Crippen LogP contribution in [0.25, 0.3) is 0 Å². The Labute approximate surface area is 165 Å². The van der Waals surface area contributed by atoms with Crippen molar-refractivity contribution in [2.75, 3.05) is 19.6 Å². The molecule has 1 saturated carbocycles. The van der Waals surface area contributed by atoms with Gasteiger partial charge in [0.25, 0.3) is 5.91 Å². The zero-order valence-electron chi connectivity index (χ0n) is 16.1. The summed E-state index contributed by atoms with van der Waals surface area (Å²) in [5.74, 6) is -0.963. The van der Waals surface area contributed by atoms with E-state index in [4.69, 9.17) is 0 Å². The van der Waals surface area contributed by atoms with Gasteiger partial charge in [-0.1, -0.05) is 31.8 Å². The van der Waals surface area contributed by atoms with Gasteiger partial charge in [0.2, 0.25) is 12.3 Å². The summed E-state index contributed by atoms with van der Waals surface area (Å²) >= 11 is 0. The van der Waals surface area contributed by atoms with Crippen LogP contribution in [0.4, 0.5) is 4.79 Å². The third-order valence-electron chi connectivity index (χ3n) is 5.45. The molecule has 2 atom stereocenters. The van der Waals surface area contributed by atoms with Gasteiger partial charge < -0.3 is 10.2 Å². The third kappa shape index (κ3) is 6.05. The van der Waals surface area contributed by atoms with E-state index in [2.05, 4.69) is 17.2 Å². The molecule has 9 heteroatoms. The van der Waals surface area contributed by atoms with E-state index in [9.17, 15) is 24.4 Å². The number of nitrogens with one attached hydrogen (secondary N) is 2. The molecule has 1 aliphatic heterocycles. The molecule has 5 amide bonds. The highest BCUT2D eigenvalue weighted by Gasteiger charge is 2.39. The molecule has 0 spiro atoms. The zero-order valence-corrected chi connectivity index (χ0v) is 16.1. The number of likely N-dealkylation sites (tertiary alicyclic amines) is 1. The van der Waals surface area contributed by atoms with E-state index in [1.54, 1.807) is 0 Å². The maximum atomic E-state index is 13.1. The SMILES string of the molecule is C=CCNC(=O)NC(=O)[C@@H]1CCCN1C(=O)[C@H](CC1CCCC1)CN(O)C=O. The topological polar surface area (TPSA) is 119 Å². The van der Waals surface area contributed by atoms with Gasteiger partial charge in [-0.2, -0.15) is 0 Å². The van der Waals surface area contributed by atoms with Crippen LogP contribution in [0.3, 0.4) is 0 Å². The van der Waals surface area contributed by atoms with E-state index < -0.39 is 23.9 Å². The fraction of sp³-hybridized carbons (Fsp3) is 0.684. The molecule has 3 N–H and O–H groups in total. The Kier molecular flexibility index (Phi) is 8.43. The quantitative estimate of drug-likeness (QED) is 0.234. The van der Waals surface area contributed by atoms with Gasteiger partial charge in [-0.25, -0.2) is 9.86 Å². The second kappa shape index (κ2) is 10.8. The van der Waals surface area contributed by atoms with Crippen molar-refractivity contribution in [3.05, 3.63) is 12.7 Å². The van der Waals surface area contributed by atoms with Gasteiger partial charge in [0.15, 0.2) is 0 Å². The van der Waals surface area contributed by atoms with Crippen molar-refractivity contribution >= 4 is 24.3 Å². The van der Waals surface area contributed by atoms with Crippen molar-refractivity contribution in [2.24, 2.45) is 11.8 Å². The number of hydroxylamine groups is 2. The molecule has 1 saturated heterocycles. The molecule has 2 fully saturated rings. The lowest BCUT2D eigenvalue weighted by atomic mass is 9.91. The Bertz CT molecular complexity index is 591. The molecule has 0 aromatic rings. The van der Waals surface area contributed by atoms with Gasteiger partial charge in [0.05, 0.1) is 12.5 Å². The number of amides is 5. The minimum Gasteiger partial charge on any atom is -0.334 e. The Hall–Kier alpha value is -2.42. The minimum absolute atomic E-state index is 0.0938. The molecular weight excluding hydrogens is 364 g/mol. The highest BCUT2D eigenvalue weighted by molar-refractivity contribution is 5.99. The molecule has 0 aromatic carbocycles. The molecule has 9 nitrogen and oxygen atoms in total. The van der Waals surface area contributed by atoms with Gasteiger partial charge >= 0.3 is 6.03 Å². The van der Waals surface area contributed by atoms with Crippen molar-refractivity contribution in [1.82, 2.24) is 20.6 Å². The number of hydrogen-bond acceptors (Lipinski definition) is 5. The molecule has 0 bridgehead atoms. The van der Waals surface area contributed by atoms with Crippen molar-refractivity contribution in [3.63, 3.8) is 0 Å². The van der Waals surface area contributed by atoms with Gasteiger partial charge in [-0.15, -0.1) is 6.58 Å². The standard InChI is InChI=1S/C19H30N4O5/c1-2-9-20-19(27)21-17(25)16-8-5-10-23(16)18(26)15(12-22(28)13-24)11-14-6-3-4-7-14/h2,13-16,28H,1,3-12H2,(H2,20,21,25,27)/t15-,16+/m1/s1. The van der Waals surface area contributed by atoms with Crippen LogP contribution in [0, 0.1) is 11.8 Å². The summed E-state index contributed by atoms with van der Waals surface area (Å²) in [5, 5.41) is 14.8. The van der Waals surface area contributed by atoms with Gasteiger partial charge in [-0.3, -0.25) is 24.9 Å². The third-order valence-corrected chi connectivity index (χ3v) is 5.45. The highest BCUT2D eigenvalue weighted by Crippen LogP contribution is 2.32. The largest absolute Gasteiger partial charge is 0.334 e. The molecule has 0 aromatic heterocycles. The number of carbonyl (C=O) groups excluding carboxylic acids is 4. The van der Waals surface area contributed by atoms with Crippen LogP contribution in [-0.2, 0) is 14.4 Å². The summed E-state index contributed by atoms with van der Waals surface area (Å²) in [6, 6.07) is -1.36. The molecule has 1 heterocycles. The summed E-state index contributed by atoms with van der Waals surface area (Å²) in [6.07, 6.45) is 7.79. The Morgan fingerprint density at radius 3 is 2.57 bits per heavy atom. The van der Waals surface area contributed by atoms with Crippen LogP contribution in [-0.4, -0.2) is 65.1 Å². The van der Waals surface area contributed by atoms with E-state index in [1.165, 1.54) is 11.0 Å². The molecule has 156 valence electrons. The second-order valence-electron chi connectivity index (χ2n) is 7.49. The molecule has 0 unspecified atom stereocenters. The first kappa shape index (κ1) is 21.9. The number of urea groups is 1. The highest BCUT2D eigenvalue weighted by atomic mass is 16.5. The van der Waals surface area contributed by atoms with Gasteiger partial charge in [0.1, 0.15) is 6.04 Å². The van der Waals surface area contributed by atoms with Gasteiger partial charge in [-0.05, 0) is 25.2 Å². The number of carbonyl (C=O) groups is 4. The minimum atomic E-state index is -0.726. The van der Waals surface area contributed by atoms with E-state index in [1.807, 2.05) is 0 Å². The fourth-order valence-electron chi connectivity index (χ4n) is 4.11. The van der Waals surface area contributed by atoms with Crippen LogP contribution in [0.2, 0.25) is 0 Å². The Balaban J connectivity index is 2.03. The summed E-state index contributed by atoms with van der Waals surface area (Å²) < 4.78 is 0. The van der Waals surface area contributed by atoms with Crippen molar-refractivity contribution < 1.29 is 24.4 Å². The van der Waals surface area contributed by atoms with Crippen LogP contribution in [0.5, 0.6) is 0 Å². The lowest BCUT2D eigenvalue weighted by Crippen LogP contribution is -2.52. The van der Waals surface area contributed by atoms with Crippen LogP contribution in [0.15, 0.2) is 12.7 Å². The number of rotatable bonds is 9. The van der Waals surface area contributed by atoms with Crippen molar-refractivity contribution in [3.8, 4) is 0 Å². The smallest absolute Gasteiger partial charge is 0.321 e. The summed E-state index contributed by atoms with van der Waals surface area (Å²) in [6.45, 7) is 4.04. The van der Waals surface area contributed by atoms with Crippen molar-refractivity contribution in [2.45, 2.75) is 51.0 Å². The van der Waals surface area contributed by atoms with Crippen molar-refractivity contribution in [1.29, 1.82) is 0 Å². The first-order chi connectivity index (χ1) is 13.5. The molecule has 2 rings (SSSR count). The normalized spacial score (nSPS) is 20.5. The number of nitrogens with zero attached hydrogens (tertiary/aromatic N) is 2. The fourth-order valence-corrected chi connectivity index (χ4v) is 4.11. The Morgan fingerprint density at radius 1 is 1.21 bits per heavy atom. The average molecular weight is 394 g/mol. The number of hydrogen-bond donors (Lipinski definition) is 3. The maximum Gasteiger partial charge on any atom is 0.321 e. The van der Waals surface area contributed by atoms with Crippen LogP contribution < -0.4 is 10.6 Å². The van der Waals surface area contributed by atoms with Crippen LogP contribution in [0.1, 0.15) is 44.9 Å². The summed E-state index contributed by atoms with van der Waals surface area (Å²) in [4.78, 5) is 49.6. The average Bonchev–Trinajstić information content (AvgIpc) is 3.36. The van der Waals surface area contributed by atoms with Gasteiger partial charge in [0, 0.05) is 13.1 Å². The van der Waals surface area contributed by atoms with Crippen LogP contribution >= 0.6 is 0 Å². The lowest BCUT2D eigenvalue weighted by Gasteiger charge is -2.30. The lowest BCUT2D eigenvalue weighted by molar-refractivity contribution is -0.158. The predicted molar refractivity (Wildman–Crippen MR) is 101 cm³/mol. The summed E-state index contributed by atoms with van der Waals surface area (Å²) in [5.41, 5.74) is 0. The van der Waals surface area contributed by atoms with E-state index in [-0.39, 0.29) is 25.4 Å². The summed E-state index contributed by atoms with van der Waals surface area (Å²) in [7, 11) is 0. The second-order valence-corrected chi connectivity index (χ2v) is 7.49.